The quantitative estimate of drug-likeness (QED) is 0.939. The maximum atomic E-state index is 13.7. The van der Waals surface area contributed by atoms with Crippen LogP contribution in [0.4, 0.5) is 4.39 Å². The Morgan fingerprint density at radius 2 is 2.26 bits per heavy atom. The van der Waals surface area contributed by atoms with E-state index in [2.05, 4.69) is 20.9 Å². The minimum absolute atomic E-state index is 0.00522. The van der Waals surface area contributed by atoms with Gasteiger partial charge in [-0.1, -0.05) is 15.9 Å². The molecule has 2 rings (SSSR count). The van der Waals surface area contributed by atoms with Crippen molar-refractivity contribution in [2.24, 2.45) is 7.05 Å². The zero-order valence-electron chi connectivity index (χ0n) is 10.2. The van der Waals surface area contributed by atoms with Crippen LogP contribution in [0.25, 0.3) is 11.3 Å². The van der Waals surface area contributed by atoms with Crippen LogP contribution in [0, 0.1) is 5.82 Å². The summed E-state index contributed by atoms with van der Waals surface area (Å²) in [6, 6.07) is 4.64. The van der Waals surface area contributed by atoms with Gasteiger partial charge >= 0.3 is 5.97 Å². The highest BCUT2D eigenvalue weighted by molar-refractivity contribution is 9.10. The molecule has 1 N–H and O–H groups in total. The molecule has 0 saturated heterocycles. The minimum Gasteiger partial charge on any atom is -0.481 e. The smallest absolute Gasteiger partial charge is 0.303 e. The van der Waals surface area contributed by atoms with Crippen LogP contribution in [0.3, 0.4) is 0 Å². The second-order valence-electron chi connectivity index (χ2n) is 4.17. The van der Waals surface area contributed by atoms with E-state index < -0.39 is 5.97 Å². The van der Waals surface area contributed by atoms with E-state index >= 15 is 0 Å². The van der Waals surface area contributed by atoms with Crippen LogP contribution >= 0.6 is 15.9 Å². The van der Waals surface area contributed by atoms with Crippen LogP contribution in [-0.4, -0.2) is 20.6 Å². The summed E-state index contributed by atoms with van der Waals surface area (Å²) in [7, 11) is 1.77. The number of aliphatic carboxylic acids is 1. The molecule has 0 aliphatic carbocycles. The van der Waals surface area contributed by atoms with Crippen LogP contribution < -0.4 is 0 Å². The SMILES string of the molecule is Cn1cc(-c2cc(Br)ccc2F)nc1CCC(=O)O. The summed E-state index contributed by atoms with van der Waals surface area (Å²) in [5, 5.41) is 8.67. The lowest BCUT2D eigenvalue weighted by molar-refractivity contribution is -0.137. The summed E-state index contributed by atoms with van der Waals surface area (Å²) in [5.41, 5.74) is 0.897. The topological polar surface area (TPSA) is 55.1 Å². The highest BCUT2D eigenvalue weighted by Crippen LogP contribution is 2.25. The van der Waals surface area contributed by atoms with Crippen molar-refractivity contribution >= 4 is 21.9 Å². The third kappa shape index (κ3) is 3.20. The van der Waals surface area contributed by atoms with Gasteiger partial charge in [0.2, 0.25) is 0 Å². The molecule has 1 aromatic heterocycles. The summed E-state index contributed by atoms with van der Waals surface area (Å²) >= 11 is 3.29. The third-order valence-electron chi connectivity index (χ3n) is 2.74. The lowest BCUT2D eigenvalue weighted by atomic mass is 10.1. The fourth-order valence-corrected chi connectivity index (χ4v) is 2.14. The lowest BCUT2D eigenvalue weighted by Gasteiger charge is -1.99. The third-order valence-corrected chi connectivity index (χ3v) is 3.23. The van der Waals surface area contributed by atoms with E-state index in [1.54, 1.807) is 29.9 Å². The van der Waals surface area contributed by atoms with Gasteiger partial charge in [0, 0.05) is 29.7 Å². The normalized spacial score (nSPS) is 10.7. The number of carboxylic acids is 1. The number of imidazole rings is 1. The van der Waals surface area contributed by atoms with E-state index in [0.29, 0.717) is 23.5 Å². The molecule has 0 radical (unpaired) electrons. The van der Waals surface area contributed by atoms with Crippen molar-refractivity contribution in [1.29, 1.82) is 0 Å². The highest BCUT2D eigenvalue weighted by Gasteiger charge is 2.12. The standard InChI is InChI=1S/C13H12BrFN2O2/c1-17-7-11(16-12(17)4-5-13(18)19)9-6-8(14)2-3-10(9)15/h2-3,6-7H,4-5H2,1H3,(H,18,19). The predicted molar refractivity (Wildman–Crippen MR) is 72.3 cm³/mol. The average Bonchev–Trinajstić information content (AvgIpc) is 2.71. The zero-order valence-corrected chi connectivity index (χ0v) is 11.8. The first kappa shape index (κ1) is 13.7. The second kappa shape index (κ2) is 5.52. The highest BCUT2D eigenvalue weighted by atomic mass is 79.9. The fraction of sp³-hybridized carbons (Fsp3) is 0.231. The molecule has 1 aromatic carbocycles. The first-order valence-electron chi connectivity index (χ1n) is 5.67. The van der Waals surface area contributed by atoms with Crippen LogP contribution in [0.1, 0.15) is 12.2 Å². The predicted octanol–water partition coefficient (Wildman–Crippen LogP) is 3.01. The van der Waals surface area contributed by atoms with Gasteiger partial charge < -0.3 is 9.67 Å². The van der Waals surface area contributed by atoms with Crippen molar-refractivity contribution < 1.29 is 14.3 Å². The van der Waals surface area contributed by atoms with Gasteiger partial charge in [-0.25, -0.2) is 9.37 Å². The summed E-state index contributed by atoms with van der Waals surface area (Å²) in [4.78, 5) is 14.8. The van der Waals surface area contributed by atoms with Crippen LogP contribution in [-0.2, 0) is 18.3 Å². The van der Waals surface area contributed by atoms with Crippen molar-refractivity contribution in [2.75, 3.05) is 0 Å². The molecular formula is C13H12BrFN2O2. The van der Waals surface area contributed by atoms with Gasteiger partial charge in [-0.2, -0.15) is 0 Å². The Balaban J connectivity index is 2.33. The molecule has 2 aromatic rings. The molecule has 0 saturated carbocycles. The molecule has 0 unspecified atom stereocenters. The van der Waals surface area contributed by atoms with Crippen molar-refractivity contribution in [3.05, 3.63) is 40.5 Å². The molecule has 100 valence electrons. The fourth-order valence-electron chi connectivity index (χ4n) is 1.78. The minimum atomic E-state index is -0.877. The van der Waals surface area contributed by atoms with E-state index in [-0.39, 0.29) is 12.2 Å². The van der Waals surface area contributed by atoms with Crippen molar-refractivity contribution in [3.63, 3.8) is 0 Å². The molecule has 0 bridgehead atoms. The maximum Gasteiger partial charge on any atom is 0.303 e. The van der Waals surface area contributed by atoms with E-state index in [0.717, 1.165) is 4.47 Å². The molecule has 6 heteroatoms. The number of hydrogen-bond acceptors (Lipinski definition) is 2. The lowest BCUT2D eigenvalue weighted by Crippen LogP contribution is -2.02. The van der Waals surface area contributed by atoms with E-state index in [4.69, 9.17) is 5.11 Å². The van der Waals surface area contributed by atoms with Gasteiger partial charge in [0.25, 0.3) is 0 Å². The molecule has 1 heterocycles. The zero-order chi connectivity index (χ0) is 14.0. The number of aryl methyl sites for hydroxylation is 2. The van der Waals surface area contributed by atoms with Crippen LogP contribution in [0.2, 0.25) is 0 Å². The number of rotatable bonds is 4. The number of hydrogen-bond donors (Lipinski definition) is 1. The molecule has 19 heavy (non-hydrogen) atoms. The Morgan fingerprint density at radius 1 is 1.53 bits per heavy atom. The van der Waals surface area contributed by atoms with E-state index in [9.17, 15) is 9.18 Å². The molecular weight excluding hydrogens is 315 g/mol. The van der Waals surface area contributed by atoms with E-state index in [1.165, 1.54) is 6.07 Å². The Bertz CT molecular complexity index is 625. The van der Waals surface area contributed by atoms with Gasteiger partial charge in [0.15, 0.2) is 0 Å². The van der Waals surface area contributed by atoms with E-state index in [1.807, 2.05) is 0 Å². The number of nitrogens with zero attached hydrogens (tertiary/aromatic N) is 2. The number of aromatic nitrogens is 2. The summed E-state index contributed by atoms with van der Waals surface area (Å²) in [6.07, 6.45) is 2.02. The van der Waals surface area contributed by atoms with Gasteiger partial charge in [-0.3, -0.25) is 4.79 Å². The average molecular weight is 327 g/mol. The molecule has 0 amide bonds. The molecule has 0 spiro atoms. The number of halogens is 2. The monoisotopic (exact) mass is 326 g/mol. The van der Waals surface area contributed by atoms with Gasteiger partial charge in [0.1, 0.15) is 11.6 Å². The Kier molecular flexibility index (Phi) is 3.99. The van der Waals surface area contributed by atoms with Crippen LogP contribution in [0.15, 0.2) is 28.9 Å². The Hall–Kier alpha value is -1.69. The van der Waals surface area contributed by atoms with Gasteiger partial charge in [-0.15, -0.1) is 0 Å². The Morgan fingerprint density at radius 3 is 2.95 bits per heavy atom. The van der Waals surface area contributed by atoms with Crippen molar-refractivity contribution in [2.45, 2.75) is 12.8 Å². The second-order valence-corrected chi connectivity index (χ2v) is 5.09. The summed E-state index contributed by atoms with van der Waals surface area (Å²) < 4.78 is 16.2. The number of benzene rings is 1. The summed E-state index contributed by atoms with van der Waals surface area (Å²) in [6.45, 7) is 0. The molecule has 4 nitrogen and oxygen atoms in total. The van der Waals surface area contributed by atoms with Gasteiger partial charge in [-0.05, 0) is 18.2 Å². The van der Waals surface area contributed by atoms with Gasteiger partial charge in [0.05, 0.1) is 12.1 Å². The largest absolute Gasteiger partial charge is 0.481 e. The maximum absolute atomic E-state index is 13.7. The molecule has 0 atom stereocenters. The van der Waals surface area contributed by atoms with Crippen LogP contribution in [0.5, 0.6) is 0 Å². The Labute approximate surface area is 118 Å². The van der Waals surface area contributed by atoms with Crippen molar-refractivity contribution in [3.8, 4) is 11.3 Å². The first-order chi connectivity index (χ1) is 8.97. The first-order valence-corrected chi connectivity index (χ1v) is 6.46. The molecule has 0 aliphatic heterocycles. The molecule has 0 aliphatic rings. The number of carboxylic acid groups (broad SMARTS) is 1. The summed E-state index contributed by atoms with van der Waals surface area (Å²) in [5.74, 6) is -0.610. The molecule has 0 fully saturated rings. The van der Waals surface area contributed by atoms with Crippen molar-refractivity contribution in [1.82, 2.24) is 9.55 Å². The number of carbonyl (C=O) groups is 1.